The second-order valence-corrected chi connectivity index (χ2v) is 7.08. The average Bonchev–Trinajstić information content (AvgIpc) is 2.54. The number of halogens is 1. The van der Waals surface area contributed by atoms with Crippen LogP contribution < -0.4 is 10.9 Å². The van der Waals surface area contributed by atoms with E-state index in [2.05, 4.69) is 26.2 Å². The zero-order valence-corrected chi connectivity index (χ0v) is 15.8. The number of rotatable bonds is 3. The molecule has 0 aliphatic carbocycles. The Labute approximate surface area is 153 Å². The smallest absolute Gasteiger partial charge is 0.261 e. The van der Waals surface area contributed by atoms with Crippen LogP contribution in [0.2, 0.25) is 0 Å². The first-order chi connectivity index (χ1) is 11.8. The van der Waals surface area contributed by atoms with Crippen LogP contribution >= 0.6 is 15.9 Å². The van der Waals surface area contributed by atoms with Gasteiger partial charge in [0, 0.05) is 10.2 Å². The van der Waals surface area contributed by atoms with Crippen molar-refractivity contribution in [2.45, 2.75) is 27.3 Å². The van der Waals surface area contributed by atoms with E-state index in [9.17, 15) is 9.59 Å². The molecule has 0 saturated heterocycles. The van der Waals surface area contributed by atoms with Crippen molar-refractivity contribution in [3.8, 4) is 0 Å². The maximum absolute atomic E-state index is 12.6. The molecule has 1 heterocycles. The molecule has 0 fully saturated rings. The fourth-order valence-electron chi connectivity index (χ4n) is 2.95. The highest BCUT2D eigenvalue weighted by Crippen LogP contribution is 2.22. The Bertz CT molecular complexity index is 1020. The number of fused-ring (bicyclic) bond motifs is 1. The Kier molecular flexibility index (Phi) is 4.72. The third-order valence-corrected chi connectivity index (χ3v) is 4.53. The first kappa shape index (κ1) is 17.4. The summed E-state index contributed by atoms with van der Waals surface area (Å²) in [6.07, 6.45) is 1.41. The van der Waals surface area contributed by atoms with Crippen molar-refractivity contribution in [3.05, 3.63) is 68.2 Å². The number of nitrogens with zero attached hydrogens (tertiary/aromatic N) is 2. The third kappa shape index (κ3) is 3.64. The Morgan fingerprint density at radius 2 is 1.84 bits per heavy atom. The van der Waals surface area contributed by atoms with Gasteiger partial charge in [-0.15, -0.1) is 0 Å². The van der Waals surface area contributed by atoms with E-state index in [4.69, 9.17) is 0 Å². The fraction of sp³-hybridized carbons (Fsp3) is 0.211. The van der Waals surface area contributed by atoms with Crippen LogP contribution in [-0.2, 0) is 11.3 Å². The fourth-order valence-corrected chi connectivity index (χ4v) is 3.32. The molecular formula is C19H18BrN3O2. The summed E-state index contributed by atoms with van der Waals surface area (Å²) in [7, 11) is 0. The topological polar surface area (TPSA) is 64.0 Å². The molecule has 1 N–H and O–H groups in total. The molecule has 0 aliphatic heterocycles. The second-order valence-electron chi connectivity index (χ2n) is 6.16. The maximum atomic E-state index is 12.6. The summed E-state index contributed by atoms with van der Waals surface area (Å²) in [6, 6.07) is 9.35. The van der Waals surface area contributed by atoms with Crippen LogP contribution in [0.5, 0.6) is 0 Å². The zero-order chi connectivity index (χ0) is 18.1. The summed E-state index contributed by atoms with van der Waals surface area (Å²) in [5, 5.41) is 3.38. The third-order valence-electron chi connectivity index (χ3n) is 4.04. The van der Waals surface area contributed by atoms with Gasteiger partial charge in [-0.1, -0.05) is 33.6 Å². The van der Waals surface area contributed by atoms with E-state index in [0.717, 1.165) is 26.9 Å². The molecule has 0 atom stereocenters. The second kappa shape index (κ2) is 6.80. The first-order valence-corrected chi connectivity index (χ1v) is 8.67. The largest absolute Gasteiger partial charge is 0.324 e. The number of hydrogen-bond donors (Lipinski definition) is 1. The highest BCUT2D eigenvalue weighted by Gasteiger charge is 2.11. The summed E-state index contributed by atoms with van der Waals surface area (Å²) in [6.45, 7) is 5.85. The lowest BCUT2D eigenvalue weighted by Crippen LogP contribution is -2.28. The normalized spacial score (nSPS) is 10.9. The molecule has 5 nitrogen and oxygen atoms in total. The van der Waals surface area contributed by atoms with Crippen LogP contribution in [0.25, 0.3) is 10.9 Å². The SMILES string of the molecule is Cc1cc(C)c(NC(=O)Cn2cnc3ccc(Br)cc3c2=O)c(C)c1. The van der Waals surface area contributed by atoms with Crippen molar-refractivity contribution < 1.29 is 4.79 Å². The molecule has 0 unspecified atom stereocenters. The van der Waals surface area contributed by atoms with Crippen molar-refractivity contribution in [2.24, 2.45) is 0 Å². The molecule has 0 bridgehead atoms. The zero-order valence-electron chi connectivity index (χ0n) is 14.3. The van der Waals surface area contributed by atoms with Crippen LogP contribution in [-0.4, -0.2) is 15.5 Å². The van der Waals surface area contributed by atoms with Crippen molar-refractivity contribution in [3.63, 3.8) is 0 Å². The van der Waals surface area contributed by atoms with Gasteiger partial charge in [-0.25, -0.2) is 4.98 Å². The van der Waals surface area contributed by atoms with Crippen LogP contribution in [0.15, 0.2) is 45.9 Å². The molecule has 0 spiro atoms. The average molecular weight is 400 g/mol. The number of aryl methyl sites for hydroxylation is 3. The van der Waals surface area contributed by atoms with Crippen LogP contribution in [0.1, 0.15) is 16.7 Å². The molecule has 25 heavy (non-hydrogen) atoms. The number of nitrogens with one attached hydrogen (secondary N) is 1. The highest BCUT2D eigenvalue weighted by molar-refractivity contribution is 9.10. The van der Waals surface area contributed by atoms with Crippen LogP contribution in [0.4, 0.5) is 5.69 Å². The lowest BCUT2D eigenvalue weighted by molar-refractivity contribution is -0.116. The standard InChI is InChI=1S/C19H18BrN3O2/c1-11-6-12(2)18(13(3)7-11)22-17(24)9-23-10-21-16-5-4-14(20)8-15(16)19(23)25/h4-8,10H,9H2,1-3H3,(H,22,24). The minimum atomic E-state index is -0.256. The molecule has 6 heteroatoms. The first-order valence-electron chi connectivity index (χ1n) is 7.87. The number of aromatic nitrogens is 2. The molecule has 0 aliphatic rings. The number of benzene rings is 2. The molecule has 3 aromatic rings. The van der Waals surface area contributed by atoms with Crippen molar-refractivity contribution in [1.29, 1.82) is 0 Å². The van der Waals surface area contributed by atoms with Gasteiger partial charge in [0.2, 0.25) is 5.91 Å². The van der Waals surface area contributed by atoms with Gasteiger partial charge in [0.25, 0.3) is 5.56 Å². The molecule has 1 amide bonds. The summed E-state index contributed by atoms with van der Waals surface area (Å²) in [5.74, 6) is -0.256. The molecule has 128 valence electrons. The predicted octanol–water partition coefficient (Wildman–Crippen LogP) is 3.72. The molecule has 1 aromatic heterocycles. The quantitative estimate of drug-likeness (QED) is 0.729. The number of hydrogen-bond acceptors (Lipinski definition) is 3. The van der Waals surface area contributed by atoms with Gasteiger partial charge in [-0.2, -0.15) is 0 Å². The van der Waals surface area contributed by atoms with E-state index < -0.39 is 0 Å². The Morgan fingerprint density at radius 1 is 1.16 bits per heavy atom. The van der Waals surface area contributed by atoms with E-state index in [1.165, 1.54) is 10.9 Å². The number of amides is 1. The van der Waals surface area contributed by atoms with Gasteiger partial charge in [0.05, 0.1) is 17.2 Å². The lowest BCUT2D eigenvalue weighted by atomic mass is 10.1. The predicted molar refractivity (Wildman–Crippen MR) is 103 cm³/mol. The Hall–Kier alpha value is -2.47. The van der Waals surface area contributed by atoms with Gasteiger partial charge >= 0.3 is 0 Å². The summed E-state index contributed by atoms with van der Waals surface area (Å²) >= 11 is 3.35. The van der Waals surface area contributed by atoms with Crippen LogP contribution in [0, 0.1) is 20.8 Å². The maximum Gasteiger partial charge on any atom is 0.261 e. The van der Waals surface area contributed by atoms with Gasteiger partial charge in [0.15, 0.2) is 0 Å². The number of carbonyl (C=O) groups excluding carboxylic acids is 1. The molecule has 0 radical (unpaired) electrons. The van der Waals surface area contributed by atoms with Crippen molar-refractivity contribution >= 4 is 38.4 Å². The summed E-state index contributed by atoms with van der Waals surface area (Å²) in [5.41, 5.74) is 4.31. The monoisotopic (exact) mass is 399 g/mol. The summed E-state index contributed by atoms with van der Waals surface area (Å²) in [4.78, 5) is 29.2. The minimum absolute atomic E-state index is 0.0823. The van der Waals surface area contributed by atoms with E-state index in [1.807, 2.05) is 39.0 Å². The summed E-state index contributed by atoms with van der Waals surface area (Å²) < 4.78 is 2.12. The van der Waals surface area contributed by atoms with Gasteiger partial charge in [-0.05, 0) is 50.1 Å². The lowest BCUT2D eigenvalue weighted by Gasteiger charge is -2.13. The minimum Gasteiger partial charge on any atom is -0.324 e. The number of anilines is 1. The Morgan fingerprint density at radius 3 is 2.52 bits per heavy atom. The molecule has 0 saturated carbocycles. The van der Waals surface area contributed by atoms with Crippen LogP contribution in [0.3, 0.4) is 0 Å². The van der Waals surface area contributed by atoms with E-state index in [-0.39, 0.29) is 18.0 Å². The number of carbonyl (C=O) groups is 1. The van der Waals surface area contributed by atoms with E-state index in [0.29, 0.717) is 10.9 Å². The van der Waals surface area contributed by atoms with E-state index >= 15 is 0 Å². The molecular weight excluding hydrogens is 382 g/mol. The highest BCUT2D eigenvalue weighted by atomic mass is 79.9. The molecule has 3 rings (SSSR count). The Balaban J connectivity index is 1.88. The van der Waals surface area contributed by atoms with E-state index in [1.54, 1.807) is 12.1 Å². The van der Waals surface area contributed by atoms with Gasteiger partial charge in [0.1, 0.15) is 6.54 Å². The van der Waals surface area contributed by atoms with Crippen molar-refractivity contribution in [1.82, 2.24) is 9.55 Å². The molecule has 2 aromatic carbocycles. The van der Waals surface area contributed by atoms with Crippen molar-refractivity contribution in [2.75, 3.05) is 5.32 Å². The van der Waals surface area contributed by atoms with Gasteiger partial charge in [-0.3, -0.25) is 14.2 Å². The van der Waals surface area contributed by atoms with Gasteiger partial charge < -0.3 is 5.32 Å².